The number of carbonyl (C=O) groups excluding carboxylic acids is 4. The molecule has 0 saturated carbocycles. The first-order valence-corrected chi connectivity index (χ1v) is 17.1. The average Bonchev–Trinajstić information content (AvgIpc) is 3.39. The van der Waals surface area contributed by atoms with Crippen LogP contribution in [0.5, 0.6) is 11.5 Å². The van der Waals surface area contributed by atoms with Gasteiger partial charge in [-0.05, 0) is 119 Å². The van der Waals surface area contributed by atoms with Gasteiger partial charge in [-0.25, -0.2) is 9.59 Å². The van der Waals surface area contributed by atoms with E-state index in [1.54, 1.807) is 6.07 Å². The summed E-state index contributed by atoms with van der Waals surface area (Å²) in [6, 6.07) is 22.4. The van der Waals surface area contributed by atoms with Gasteiger partial charge in [0.1, 0.15) is 11.5 Å². The minimum absolute atomic E-state index is 0.0640. The van der Waals surface area contributed by atoms with Gasteiger partial charge in [-0.15, -0.1) is 0 Å². The molecule has 2 aliphatic heterocycles. The van der Waals surface area contributed by atoms with Gasteiger partial charge in [-0.3, -0.25) is 9.59 Å². The van der Waals surface area contributed by atoms with Gasteiger partial charge in [0.15, 0.2) is 0 Å². The highest BCUT2D eigenvalue weighted by Gasteiger charge is 2.36. The van der Waals surface area contributed by atoms with Crippen molar-refractivity contribution in [1.29, 1.82) is 0 Å². The largest absolute Gasteiger partial charge is 0.426 e. The van der Waals surface area contributed by atoms with E-state index in [0.29, 0.717) is 44.5 Å². The molecule has 4 bridgehead atoms. The maximum atomic E-state index is 14.0. The molecule has 0 fully saturated rings. The van der Waals surface area contributed by atoms with Crippen LogP contribution in [0.2, 0.25) is 0 Å². The number of hydrogen-bond donors (Lipinski definition) is 0. The minimum Gasteiger partial charge on any atom is -0.426 e. The molecule has 9 rings (SSSR count). The van der Waals surface area contributed by atoms with Gasteiger partial charge in [-0.1, -0.05) is 54.6 Å². The van der Waals surface area contributed by atoms with Crippen LogP contribution in [-0.4, -0.2) is 23.9 Å². The molecule has 49 heavy (non-hydrogen) atoms. The van der Waals surface area contributed by atoms with Crippen LogP contribution in [-0.2, 0) is 52.9 Å². The Hall–Kier alpha value is -5.56. The number of cyclic esters (lactones) is 2. The van der Waals surface area contributed by atoms with Crippen LogP contribution in [0.25, 0.3) is 33.0 Å². The number of benzene rings is 5. The molecule has 0 unspecified atom stereocenters. The van der Waals surface area contributed by atoms with Crippen molar-refractivity contribution in [2.75, 3.05) is 0 Å². The van der Waals surface area contributed by atoms with E-state index >= 15 is 0 Å². The molecular formula is C42H32O7. The van der Waals surface area contributed by atoms with Gasteiger partial charge < -0.3 is 14.2 Å². The molecule has 242 valence electrons. The van der Waals surface area contributed by atoms with Crippen molar-refractivity contribution in [2.45, 2.75) is 64.2 Å². The van der Waals surface area contributed by atoms with Crippen molar-refractivity contribution in [3.05, 3.63) is 117 Å². The zero-order chi connectivity index (χ0) is 33.2. The fourth-order valence-corrected chi connectivity index (χ4v) is 8.36. The second-order valence-electron chi connectivity index (χ2n) is 13.4. The molecular weight excluding hydrogens is 616 g/mol. The Morgan fingerprint density at radius 2 is 1.02 bits per heavy atom. The van der Waals surface area contributed by atoms with Gasteiger partial charge in [0.25, 0.3) is 0 Å². The lowest BCUT2D eigenvalue weighted by Crippen LogP contribution is -2.17. The van der Waals surface area contributed by atoms with Crippen LogP contribution < -0.4 is 9.47 Å². The topological polar surface area (TPSA) is 96.0 Å². The van der Waals surface area contributed by atoms with Crippen molar-refractivity contribution >= 4 is 34.6 Å². The Morgan fingerprint density at radius 3 is 1.69 bits per heavy atom. The Labute approximate surface area is 282 Å². The summed E-state index contributed by atoms with van der Waals surface area (Å²) < 4.78 is 17.7. The van der Waals surface area contributed by atoms with E-state index in [9.17, 15) is 19.2 Å². The van der Waals surface area contributed by atoms with Gasteiger partial charge in [0, 0.05) is 16.7 Å². The molecule has 5 aromatic carbocycles. The maximum Gasteiger partial charge on any atom is 0.347 e. The van der Waals surface area contributed by atoms with E-state index in [-0.39, 0.29) is 24.0 Å². The van der Waals surface area contributed by atoms with Crippen LogP contribution in [0.4, 0.5) is 0 Å². The van der Waals surface area contributed by atoms with Gasteiger partial charge in [-0.2, -0.15) is 0 Å². The Bertz CT molecular complexity index is 2300. The van der Waals surface area contributed by atoms with E-state index in [4.69, 9.17) is 14.2 Å². The monoisotopic (exact) mass is 648 g/mol. The third kappa shape index (κ3) is 4.87. The normalized spacial score (nSPS) is 16.8. The van der Waals surface area contributed by atoms with E-state index < -0.39 is 23.9 Å². The van der Waals surface area contributed by atoms with Crippen LogP contribution in [0.15, 0.2) is 72.8 Å². The van der Waals surface area contributed by atoms with Crippen molar-refractivity contribution < 1.29 is 33.4 Å². The SMILES string of the molecule is O=C1Cc2ccccc2-c2c3c(cc4c(cccc24)CC(=O)Oc2ccc4c(c2-c2c(ccc5c2CCCC5)O1)CCCC4)C(=O)OC3=O. The first-order valence-electron chi connectivity index (χ1n) is 17.1. The summed E-state index contributed by atoms with van der Waals surface area (Å²) in [6.07, 6.45) is 7.63. The maximum absolute atomic E-state index is 14.0. The fourth-order valence-electron chi connectivity index (χ4n) is 8.36. The predicted octanol–water partition coefficient (Wildman–Crippen LogP) is 7.85. The summed E-state index contributed by atoms with van der Waals surface area (Å²) in [4.78, 5) is 54.2. The minimum atomic E-state index is -0.745. The lowest BCUT2D eigenvalue weighted by atomic mass is 9.80. The first-order chi connectivity index (χ1) is 23.9. The van der Waals surface area contributed by atoms with Gasteiger partial charge in [0.05, 0.1) is 24.0 Å². The van der Waals surface area contributed by atoms with Crippen molar-refractivity contribution in [3.63, 3.8) is 0 Å². The van der Waals surface area contributed by atoms with Crippen LogP contribution in [0, 0.1) is 0 Å². The number of aryl methyl sites for hydroxylation is 2. The van der Waals surface area contributed by atoms with E-state index in [1.165, 1.54) is 11.1 Å². The summed E-state index contributed by atoms with van der Waals surface area (Å²) in [7, 11) is 0. The predicted molar refractivity (Wildman–Crippen MR) is 183 cm³/mol. The zero-order valence-corrected chi connectivity index (χ0v) is 26.9. The molecule has 7 heteroatoms. The number of hydrogen-bond acceptors (Lipinski definition) is 7. The second kappa shape index (κ2) is 11.5. The van der Waals surface area contributed by atoms with Crippen molar-refractivity contribution in [1.82, 2.24) is 0 Å². The summed E-state index contributed by atoms with van der Waals surface area (Å²) in [6.45, 7) is 0. The Morgan fingerprint density at radius 1 is 0.429 bits per heavy atom. The molecule has 7 nitrogen and oxygen atoms in total. The third-order valence-electron chi connectivity index (χ3n) is 10.5. The van der Waals surface area contributed by atoms with E-state index in [1.807, 2.05) is 54.6 Å². The molecule has 0 amide bonds. The number of esters is 4. The quantitative estimate of drug-likeness (QED) is 0.0959. The summed E-state index contributed by atoms with van der Waals surface area (Å²) in [5, 5.41) is 1.30. The van der Waals surface area contributed by atoms with Crippen LogP contribution in [0.1, 0.15) is 79.8 Å². The third-order valence-corrected chi connectivity index (χ3v) is 10.5. The first kappa shape index (κ1) is 29.6. The molecule has 0 atom stereocenters. The molecule has 0 aromatic heterocycles. The van der Waals surface area contributed by atoms with E-state index in [0.717, 1.165) is 73.6 Å². The van der Waals surface area contributed by atoms with E-state index in [2.05, 4.69) is 12.1 Å². The Balaban J connectivity index is 1.31. The smallest absolute Gasteiger partial charge is 0.347 e. The molecule has 5 aromatic rings. The highest BCUT2D eigenvalue weighted by atomic mass is 16.6. The molecule has 2 aliphatic carbocycles. The lowest BCUT2D eigenvalue weighted by Gasteiger charge is -2.27. The summed E-state index contributed by atoms with van der Waals surface area (Å²) in [5.74, 6) is -1.50. The van der Waals surface area contributed by atoms with Gasteiger partial charge >= 0.3 is 23.9 Å². The number of rotatable bonds is 0. The molecule has 2 heterocycles. The summed E-state index contributed by atoms with van der Waals surface area (Å²) in [5.41, 5.74) is 9.11. The van der Waals surface area contributed by atoms with Gasteiger partial charge in [0.2, 0.25) is 0 Å². The highest BCUT2D eigenvalue weighted by Crippen LogP contribution is 2.48. The number of carbonyl (C=O) groups is 4. The standard InChI is InChI=1S/C42H32O7/c43-35-20-25-10-3-6-14-29(25)37-30-15-7-11-26(31(30)22-32-40(37)42(46)49-41(32)45)21-36(44)48-34-19-17-24-9-2-5-13-28(24)39(34)38-27-12-4-1-8-23(27)16-18-33(38)47-35/h3,6-7,10-11,14-19,22H,1-2,4-5,8-9,12-13,20-21H2. The van der Waals surface area contributed by atoms with Crippen LogP contribution in [0.3, 0.4) is 0 Å². The highest BCUT2D eigenvalue weighted by molar-refractivity contribution is 6.23. The molecule has 0 spiro atoms. The molecule has 0 saturated heterocycles. The fraction of sp³-hybridized carbons (Fsp3) is 0.238. The summed E-state index contributed by atoms with van der Waals surface area (Å²) >= 11 is 0. The van der Waals surface area contributed by atoms with Crippen LogP contribution >= 0.6 is 0 Å². The number of ether oxygens (including phenoxy) is 3. The van der Waals surface area contributed by atoms with Crippen molar-refractivity contribution in [2.24, 2.45) is 0 Å². The molecule has 4 aliphatic rings. The van der Waals surface area contributed by atoms with Crippen molar-refractivity contribution in [3.8, 4) is 33.8 Å². The lowest BCUT2D eigenvalue weighted by molar-refractivity contribution is -0.134. The zero-order valence-electron chi connectivity index (χ0n) is 26.9. The number of fused-ring (bicyclic) bond motifs is 11. The molecule has 0 N–H and O–H groups in total. The second-order valence-corrected chi connectivity index (χ2v) is 13.4. The molecule has 0 radical (unpaired) electrons. The average molecular weight is 649 g/mol. The Kier molecular flexibility index (Phi) is 6.97.